The van der Waals surface area contributed by atoms with Gasteiger partial charge in [-0.3, -0.25) is 9.59 Å². The SMILES string of the molecule is CC(C)C(NS(=O)(=O)/C=C/c1ccccc1)C(=O)OCC(=O)NC1CC1. The first-order chi connectivity index (χ1) is 12.3. The zero-order valence-electron chi connectivity index (χ0n) is 14.8. The molecule has 2 rings (SSSR count). The van der Waals surface area contributed by atoms with E-state index >= 15 is 0 Å². The summed E-state index contributed by atoms with van der Waals surface area (Å²) in [4.78, 5) is 23.8. The molecule has 142 valence electrons. The minimum absolute atomic E-state index is 0.170. The summed E-state index contributed by atoms with van der Waals surface area (Å²) < 4.78 is 31.7. The summed E-state index contributed by atoms with van der Waals surface area (Å²) in [5, 5.41) is 3.70. The van der Waals surface area contributed by atoms with Crippen LogP contribution in [0.2, 0.25) is 0 Å². The van der Waals surface area contributed by atoms with E-state index in [0.717, 1.165) is 23.8 Å². The van der Waals surface area contributed by atoms with Crippen LogP contribution in [0.15, 0.2) is 35.7 Å². The molecule has 0 spiro atoms. The Morgan fingerprint density at radius 3 is 2.46 bits per heavy atom. The predicted octanol–water partition coefficient (Wildman–Crippen LogP) is 1.42. The van der Waals surface area contributed by atoms with Crippen LogP contribution in [0.4, 0.5) is 0 Å². The average molecular weight is 380 g/mol. The van der Waals surface area contributed by atoms with Gasteiger partial charge in [-0.05, 0) is 30.4 Å². The van der Waals surface area contributed by atoms with Crippen LogP contribution < -0.4 is 10.0 Å². The van der Waals surface area contributed by atoms with Gasteiger partial charge in [0.05, 0.1) is 0 Å². The van der Waals surface area contributed by atoms with Crippen molar-refractivity contribution >= 4 is 28.0 Å². The van der Waals surface area contributed by atoms with Gasteiger partial charge in [-0.15, -0.1) is 0 Å². The molecule has 0 saturated heterocycles. The molecule has 2 N–H and O–H groups in total. The topological polar surface area (TPSA) is 102 Å². The number of hydrogen-bond acceptors (Lipinski definition) is 5. The van der Waals surface area contributed by atoms with Gasteiger partial charge < -0.3 is 10.1 Å². The van der Waals surface area contributed by atoms with Gasteiger partial charge in [0.25, 0.3) is 5.91 Å². The molecule has 1 amide bonds. The highest BCUT2D eigenvalue weighted by molar-refractivity contribution is 7.92. The lowest BCUT2D eigenvalue weighted by Gasteiger charge is -2.19. The molecule has 1 aromatic rings. The van der Waals surface area contributed by atoms with E-state index in [-0.39, 0.29) is 17.9 Å². The Kier molecular flexibility index (Phi) is 6.93. The van der Waals surface area contributed by atoms with E-state index in [1.54, 1.807) is 38.1 Å². The monoisotopic (exact) mass is 380 g/mol. The Hall–Kier alpha value is -2.19. The van der Waals surface area contributed by atoms with Gasteiger partial charge in [-0.2, -0.15) is 4.72 Å². The molecule has 0 radical (unpaired) electrons. The lowest BCUT2D eigenvalue weighted by molar-refractivity contribution is -0.151. The van der Waals surface area contributed by atoms with Crippen LogP contribution in [-0.2, 0) is 24.3 Å². The first kappa shape index (κ1) is 20.1. The predicted molar refractivity (Wildman–Crippen MR) is 98.3 cm³/mol. The van der Waals surface area contributed by atoms with Crippen LogP contribution in [-0.4, -0.2) is 39.0 Å². The van der Waals surface area contributed by atoms with E-state index < -0.39 is 28.6 Å². The van der Waals surface area contributed by atoms with Crippen molar-refractivity contribution in [2.24, 2.45) is 5.92 Å². The first-order valence-corrected chi connectivity index (χ1v) is 10.0. The van der Waals surface area contributed by atoms with Crippen molar-refractivity contribution in [2.45, 2.75) is 38.8 Å². The summed E-state index contributed by atoms with van der Waals surface area (Å²) in [5.74, 6) is -1.49. The molecule has 1 unspecified atom stereocenters. The fraction of sp³-hybridized carbons (Fsp3) is 0.444. The highest BCUT2D eigenvalue weighted by Gasteiger charge is 2.29. The molecule has 1 aliphatic rings. The molecule has 0 bridgehead atoms. The van der Waals surface area contributed by atoms with Crippen molar-refractivity contribution < 1.29 is 22.7 Å². The minimum atomic E-state index is -3.85. The Morgan fingerprint density at radius 1 is 1.23 bits per heavy atom. The van der Waals surface area contributed by atoms with E-state index in [9.17, 15) is 18.0 Å². The molecule has 1 aromatic carbocycles. The second-order valence-corrected chi connectivity index (χ2v) is 8.15. The third-order valence-corrected chi connectivity index (χ3v) is 4.82. The highest BCUT2D eigenvalue weighted by Crippen LogP contribution is 2.18. The van der Waals surface area contributed by atoms with E-state index in [2.05, 4.69) is 10.0 Å². The largest absolute Gasteiger partial charge is 0.454 e. The van der Waals surface area contributed by atoms with Crippen LogP contribution in [0, 0.1) is 5.92 Å². The number of amides is 1. The Labute approximate surface area is 153 Å². The molecule has 0 aromatic heterocycles. The molecular weight excluding hydrogens is 356 g/mol. The van der Waals surface area contributed by atoms with E-state index in [1.807, 2.05) is 6.07 Å². The summed E-state index contributed by atoms with van der Waals surface area (Å²) in [6.07, 6.45) is 3.30. The second kappa shape index (κ2) is 8.95. The molecule has 1 atom stereocenters. The van der Waals surface area contributed by atoms with Crippen LogP contribution in [0.5, 0.6) is 0 Å². The van der Waals surface area contributed by atoms with Gasteiger partial charge in [0.2, 0.25) is 10.0 Å². The summed E-state index contributed by atoms with van der Waals surface area (Å²) in [5.41, 5.74) is 0.721. The minimum Gasteiger partial charge on any atom is -0.454 e. The fourth-order valence-corrected chi connectivity index (χ4v) is 3.27. The number of rotatable bonds is 9. The number of carbonyl (C=O) groups is 2. The first-order valence-electron chi connectivity index (χ1n) is 8.48. The molecule has 1 saturated carbocycles. The lowest BCUT2D eigenvalue weighted by Crippen LogP contribution is -2.45. The van der Waals surface area contributed by atoms with Crippen LogP contribution in [0.3, 0.4) is 0 Å². The average Bonchev–Trinajstić information content (AvgIpc) is 3.40. The molecule has 1 fully saturated rings. The highest BCUT2D eigenvalue weighted by atomic mass is 32.2. The standard InChI is InChI=1S/C18H24N2O5S/c1-13(2)17(18(22)25-12-16(21)19-15-8-9-15)20-26(23,24)11-10-14-6-4-3-5-7-14/h3-7,10-11,13,15,17,20H,8-9,12H2,1-2H3,(H,19,21)/b11-10+. The Morgan fingerprint density at radius 2 is 1.88 bits per heavy atom. The zero-order chi connectivity index (χ0) is 19.2. The molecular formula is C18H24N2O5S. The van der Waals surface area contributed by atoms with E-state index in [0.29, 0.717) is 0 Å². The third kappa shape index (κ3) is 6.97. The van der Waals surface area contributed by atoms with Crippen molar-refractivity contribution in [1.29, 1.82) is 0 Å². The number of benzene rings is 1. The summed E-state index contributed by atoms with van der Waals surface area (Å²) in [6, 6.07) is 8.03. The van der Waals surface area contributed by atoms with Gasteiger partial charge in [0.15, 0.2) is 6.61 Å². The van der Waals surface area contributed by atoms with Gasteiger partial charge in [0.1, 0.15) is 6.04 Å². The Bertz CT molecular complexity index is 755. The van der Waals surface area contributed by atoms with E-state index in [4.69, 9.17) is 4.74 Å². The lowest BCUT2D eigenvalue weighted by atomic mass is 10.1. The molecule has 1 aliphatic carbocycles. The van der Waals surface area contributed by atoms with Gasteiger partial charge in [-0.25, -0.2) is 8.42 Å². The molecule has 0 aliphatic heterocycles. The summed E-state index contributed by atoms with van der Waals surface area (Å²) in [6.45, 7) is 2.97. The van der Waals surface area contributed by atoms with Crippen LogP contribution in [0.1, 0.15) is 32.3 Å². The maximum absolute atomic E-state index is 12.2. The van der Waals surface area contributed by atoms with Gasteiger partial charge >= 0.3 is 5.97 Å². The summed E-state index contributed by atoms with van der Waals surface area (Å²) >= 11 is 0. The molecule has 26 heavy (non-hydrogen) atoms. The number of sulfonamides is 1. The smallest absolute Gasteiger partial charge is 0.324 e. The van der Waals surface area contributed by atoms with Crippen molar-refractivity contribution in [3.8, 4) is 0 Å². The molecule has 7 nitrogen and oxygen atoms in total. The number of esters is 1. The van der Waals surface area contributed by atoms with Crippen molar-refractivity contribution in [2.75, 3.05) is 6.61 Å². The van der Waals surface area contributed by atoms with Gasteiger partial charge in [-0.1, -0.05) is 44.2 Å². The number of carbonyl (C=O) groups excluding carboxylic acids is 2. The Balaban J connectivity index is 1.93. The maximum atomic E-state index is 12.2. The number of hydrogen-bond donors (Lipinski definition) is 2. The third-order valence-electron chi connectivity index (χ3n) is 3.74. The van der Waals surface area contributed by atoms with Crippen LogP contribution >= 0.6 is 0 Å². The number of ether oxygens (including phenoxy) is 1. The quantitative estimate of drug-likeness (QED) is 0.631. The normalized spacial score (nSPS) is 15.8. The second-order valence-electron chi connectivity index (χ2n) is 6.55. The van der Waals surface area contributed by atoms with Crippen molar-refractivity contribution in [1.82, 2.24) is 10.0 Å². The van der Waals surface area contributed by atoms with Crippen LogP contribution in [0.25, 0.3) is 6.08 Å². The van der Waals surface area contributed by atoms with Gasteiger partial charge in [0, 0.05) is 11.4 Å². The number of nitrogens with one attached hydrogen (secondary N) is 2. The van der Waals surface area contributed by atoms with Crippen molar-refractivity contribution in [3.63, 3.8) is 0 Å². The zero-order valence-corrected chi connectivity index (χ0v) is 15.7. The maximum Gasteiger partial charge on any atom is 0.324 e. The fourth-order valence-electron chi connectivity index (χ4n) is 2.13. The molecule has 8 heteroatoms. The molecule has 0 heterocycles. The van der Waals surface area contributed by atoms with E-state index in [1.165, 1.54) is 6.08 Å². The summed E-state index contributed by atoms with van der Waals surface area (Å²) in [7, 11) is -3.85. The van der Waals surface area contributed by atoms with Crippen molar-refractivity contribution in [3.05, 3.63) is 41.3 Å².